The van der Waals surface area contributed by atoms with Gasteiger partial charge in [-0.15, -0.1) is 4.72 Å². The highest BCUT2D eigenvalue weighted by Crippen LogP contribution is 2.43. The van der Waals surface area contributed by atoms with Crippen LogP contribution in [0.25, 0.3) is 0 Å². The van der Waals surface area contributed by atoms with Gasteiger partial charge in [-0.2, -0.15) is 0 Å². The zero-order valence-corrected chi connectivity index (χ0v) is 23.7. The van der Waals surface area contributed by atoms with E-state index in [0.29, 0.717) is 17.9 Å². The van der Waals surface area contributed by atoms with Crippen LogP contribution >= 0.6 is 0 Å². The van der Waals surface area contributed by atoms with Crippen LogP contribution in [0.4, 0.5) is 14.9 Å². The average molecular weight is 560 g/mol. The van der Waals surface area contributed by atoms with Crippen molar-refractivity contribution in [3.8, 4) is 0 Å². The molecule has 1 aliphatic carbocycles. The van der Waals surface area contributed by atoms with Crippen molar-refractivity contribution < 1.29 is 28.4 Å². The second-order valence-electron chi connectivity index (χ2n) is 11.5. The molecule has 212 valence electrons. The minimum atomic E-state index is -1.46. The molecule has 2 aliphatic rings. The van der Waals surface area contributed by atoms with Crippen molar-refractivity contribution in [3.05, 3.63) is 65.5 Å². The Labute approximate surface area is 232 Å². The fourth-order valence-electron chi connectivity index (χ4n) is 5.02. The summed E-state index contributed by atoms with van der Waals surface area (Å²) in [5.41, 5.74) is 0.596. The third-order valence-electron chi connectivity index (χ3n) is 7.58. The number of ether oxygens (including phenoxy) is 1. The number of carboxylic acid groups (broad SMARTS) is 1. The monoisotopic (exact) mass is 559 g/mol. The van der Waals surface area contributed by atoms with E-state index in [1.807, 2.05) is 51.1 Å². The number of carbonyl (C=O) groups excluding carboxylic acids is 1. The van der Waals surface area contributed by atoms with Gasteiger partial charge in [0.05, 0.1) is 18.3 Å². The van der Waals surface area contributed by atoms with Gasteiger partial charge in [-0.1, -0.05) is 49.2 Å². The molecule has 0 radical (unpaired) electrons. The van der Waals surface area contributed by atoms with Crippen LogP contribution in [0.2, 0.25) is 0 Å². The molecule has 2 amide bonds. The number of hydrogen-bond donors (Lipinski definition) is 3. The Bertz CT molecular complexity index is 1170. The normalized spacial score (nSPS) is 21.8. The van der Waals surface area contributed by atoms with E-state index in [-0.39, 0.29) is 18.7 Å². The second-order valence-corrected chi connectivity index (χ2v) is 13.4. The molecule has 4 atom stereocenters. The summed E-state index contributed by atoms with van der Waals surface area (Å²) >= 11 is -1.46. The van der Waals surface area contributed by atoms with Crippen molar-refractivity contribution in [1.82, 2.24) is 9.62 Å². The van der Waals surface area contributed by atoms with Crippen LogP contribution in [-0.4, -0.2) is 57.1 Å². The van der Waals surface area contributed by atoms with Crippen LogP contribution in [0.5, 0.6) is 0 Å². The van der Waals surface area contributed by atoms with Crippen molar-refractivity contribution >= 4 is 29.0 Å². The molecule has 2 aromatic rings. The Kier molecular flexibility index (Phi) is 8.90. The molecule has 3 unspecified atom stereocenters. The van der Waals surface area contributed by atoms with Crippen LogP contribution in [-0.2, 0) is 26.4 Å². The molecule has 8 nitrogen and oxygen atoms in total. The van der Waals surface area contributed by atoms with Crippen molar-refractivity contribution in [3.63, 3.8) is 0 Å². The topological polar surface area (TPSA) is 114 Å². The summed E-state index contributed by atoms with van der Waals surface area (Å²) in [6.07, 6.45) is 2.36. The third kappa shape index (κ3) is 6.74. The largest absolute Gasteiger partial charge is 0.598 e. The molecule has 0 aromatic heterocycles. The van der Waals surface area contributed by atoms with Gasteiger partial charge in [-0.05, 0) is 62.8 Å². The number of rotatable bonds is 10. The SMILES string of the molecule is COC1CC(C(=O)Nc2cc(C(CCC3CC3)(N[S@+]([O-])C(C)(C)C)c3ccccc3)ccc2F)N(C(=O)O)C1. The quantitative estimate of drug-likeness (QED) is 0.353. The van der Waals surface area contributed by atoms with Crippen LogP contribution in [0, 0.1) is 11.7 Å². The van der Waals surface area contributed by atoms with E-state index in [2.05, 4.69) is 10.0 Å². The summed E-state index contributed by atoms with van der Waals surface area (Å²) in [4.78, 5) is 26.0. The molecular weight excluding hydrogens is 521 g/mol. The zero-order chi connectivity index (χ0) is 28.4. The predicted octanol–water partition coefficient (Wildman–Crippen LogP) is 5.02. The maximum absolute atomic E-state index is 15.1. The van der Waals surface area contributed by atoms with E-state index < -0.39 is 51.6 Å². The fraction of sp³-hybridized carbons (Fsp3) is 0.517. The number of carbonyl (C=O) groups is 2. The first-order valence-corrected chi connectivity index (χ1v) is 14.5. The van der Waals surface area contributed by atoms with Crippen molar-refractivity contribution in [2.24, 2.45) is 5.92 Å². The van der Waals surface area contributed by atoms with Gasteiger partial charge in [0.15, 0.2) is 0 Å². The number of methoxy groups -OCH3 is 1. The number of likely N-dealkylation sites (tertiary alicyclic amines) is 1. The van der Waals surface area contributed by atoms with Crippen LogP contribution < -0.4 is 10.0 Å². The number of benzene rings is 2. The van der Waals surface area contributed by atoms with E-state index in [9.17, 15) is 19.2 Å². The number of anilines is 1. The number of nitrogens with one attached hydrogen (secondary N) is 2. The van der Waals surface area contributed by atoms with Gasteiger partial charge < -0.3 is 19.7 Å². The number of hydrogen-bond acceptors (Lipinski definition) is 5. The summed E-state index contributed by atoms with van der Waals surface area (Å²) in [5, 5.41) is 12.2. The molecule has 10 heteroatoms. The highest BCUT2D eigenvalue weighted by Gasteiger charge is 2.44. The molecule has 0 bridgehead atoms. The highest BCUT2D eigenvalue weighted by molar-refractivity contribution is 7.90. The maximum Gasteiger partial charge on any atom is 0.408 e. The van der Waals surface area contributed by atoms with E-state index in [0.717, 1.165) is 29.7 Å². The molecule has 1 saturated heterocycles. The minimum Gasteiger partial charge on any atom is -0.598 e. The first-order valence-electron chi connectivity index (χ1n) is 13.3. The van der Waals surface area contributed by atoms with Gasteiger partial charge in [0, 0.05) is 24.9 Å². The summed E-state index contributed by atoms with van der Waals surface area (Å²) in [6, 6.07) is 13.2. The van der Waals surface area contributed by atoms with Crippen molar-refractivity contribution in [1.29, 1.82) is 0 Å². The minimum absolute atomic E-state index is 0.0567. The average Bonchev–Trinajstić information content (AvgIpc) is 3.62. The van der Waals surface area contributed by atoms with Crippen LogP contribution in [0.1, 0.15) is 64.0 Å². The Morgan fingerprint density at radius 2 is 1.85 bits per heavy atom. The van der Waals surface area contributed by atoms with E-state index in [4.69, 9.17) is 4.74 Å². The van der Waals surface area contributed by atoms with E-state index in [1.54, 1.807) is 12.1 Å². The Balaban J connectivity index is 1.73. The second kappa shape index (κ2) is 11.8. The van der Waals surface area contributed by atoms with Crippen LogP contribution in [0.15, 0.2) is 48.5 Å². The molecule has 2 aromatic carbocycles. The summed E-state index contributed by atoms with van der Waals surface area (Å²) in [7, 11) is 1.47. The Morgan fingerprint density at radius 3 is 2.44 bits per heavy atom. The smallest absolute Gasteiger partial charge is 0.408 e. The van der Waals surface area contributed by atoms with Gasteiger partial charge in [0.2, 0.25) is 5.91 Å². The van der Waals surface area contributed by atoms with Crippen molar-refractivity contribution in [2.45, 2.75) is 75.3 Å². The maximum atomic E-state index is 15.1. The molecular formula is C29H38FN3O5S. The molecule has 39 heavy (non-hydrogen) atoms. The lowest BCUT2D eigenvalue weighted by molar-refractivity contribution is -0.120. The van der Waals surface area contributed by atoms with Gasteiger partial charge >= 0.3 is 6.09 Å². The molecule has 1 aliphatic heterocycles. The summed E-state index contributed by atoms with van der Waals surface area (Å²) in [5.74, 6) is -0.672. The van der Waals surface area contributed by atoms with Gasteiger partial charge in [-0.25, -0.2) is 9.18 Å². The highest BCUT2D eigenvalue weighted by atomic mass is 32.2. The number of halogens is 1. The lowest BCUT2D eigenvalue weighted by atomic mass is 9.79. The standard InChI is InChI=1S/C29H38FN3O5S/c1-28(2,3)39(37)32-29(15-14-19-10-11-19,20-8-6-5-7-9-20)21-12-13-23(30)24(16-21)31-26(34)25-17-22(38-4)18-33(25)27(35)36/h5-9,12-13,16,19,22,25,32H,10-11,14-15,17-18H2,1-4H3,(H,31,34)(H,35,36)/t22?,25?,29?,39-/m1/s1. The molecule has 3 N–H and O–H groups in total. The fourth-order valence-corrected chi connectivity index (χ4v) is 5.98. The zero-order valence-electron chi connectivity index (χ0n) is 22.9. The predicted molar refractivity (Wildman–Crippen MR) is 149 cm³/mol. The lowest BCUT2D eigenvalue weighted by Crippen LogP contribution is -2.52. The van der Waals surface area contributed by atoms with Gasteiger partial charge in [0.1, 0.15) is 22.1 Å². The number of amides is 2. The first kappa shape index (κ1) is 29.3. The van der Waals surface area contributed by atoms with E-state index in [1.165, 1.54) is 13.2 Å². The Morgan fingerprint density at radius 1 is 1.15 bits per heavy atom. The molecule has 1 heterocycles. The summed E-state index contributed by atoms with van der Waals surface area (Å²) < 4.78 is 36.8. The molecule has 1 saturated carbocycles. The molecule has 0 spiro atoms. The first-order chi connectivity index (χ1) is 18.4. The van der Waals surface area contributed by atoms with Gasteiger partial charge in [-0.3, -0.25) is 9.69 Å². The third-order valence-corrected chi connectivity index (χ3v) is 9.22. The Hall–Kier alpha value is -2.66. The van der Waals surface area contributed by atoms with Crippen LogP contribution in [0.3, 0.4) is 0 Å². The van der Waals surface area contributed by atoms with E-state index >= 15 is 4.39 Å². The van der Waals surface area contributed by atoms with Crippen molar-refractivity contribution in [2.75, 3.05) is 19.0 Å². The molecule has 2 fully saturated rings. The lowest BCUT2D eigenvalue weighted by Gasteiger charge is -2.39. The molecule has 4 rings (SSSR count). The summed E-state index contributed by atoms with van der Waals surface area (Å²) in [6.45, 7) is 5.75. The number of nitrogens with zero attached hydrogens (tertiary/aromatic N) is 1. The van der Waals surface area contributed by atoms with Gasteiger partial charge in [0.25, 0.3) is 0 Å².